The van der Waals surface area contributed by atoms with Crippen LogP contribution in [0.5, 0.6) is 0 Å². The van der Waals surface area contributed by atoms with Crippen molar-refractivity contribution in [3.05, 3.63) is 18.2 Å². The van der Waals surface area contributed by atoms with E-state index >= 15 is 0 Å². The van der Waals surface area contributed by atoms with Gasteiger partial charge in [0.2, 0.25) is 0 Å². The summed E-state index contributed by atoms with van der Waals surface area (Å²) in [6, 6.07) is 0. The van der Waals surface area contributed by atoms with E-state index in [2.05, 4.69) is 44.0 Å². The third-order valence-corrected chi connectivity index (χ3v) is 4.02. The zero-order valence-corrected chi connectivity index (χ0v) is 16.4. The summed E-state index contributed by atoms with van der Waals surface area (Å²) in [7, 11) is 3.89. The Hall–Kier alpha value is -1.60. The first-order valence-electron chi connectivity index (χ1n) is 9.34. The molecule has 0 radical (unpaired) electrons. The normalized spacial score (nSPS) is 12.0. The van der Waals surface area contributed by atoms with Gasteiger partial charge in [-0.1, -0.05) is 0 Å². The van der Waals surface area contributed by atoms with Crippen LogP contribution in [0, 0.1) is 6.92 Å². The number of guanidine groups is 1. The molecule has 7 heteroatoms. The molecule has 2 N–H and O–H groups in total. The number of aliphatic imine (C=N–C) groups is 1. The Morgan fingerprint density at radius 1 is 1.28 bits per heavy atom. The fraction of sp³-hybridized carbons (Fsp3) is 0.778. The van der Waals surface area contributed by atoms with Crippen LogP contribution in [0.3, 0.4) is 0 Å². The van der Waals surface area contributed by atoms with Gasteiger partial charge in [-0.2, -0.15) is 0 Å². The molecule has 0 bridgehead atoms. The number of rotatable bonds is 13. The van der Waals surface area contributed by atoms with Gasteiger partial charge in [-0.05, 0) is 40.2 Å². The van der Waals surface area contributed by atoms with Gasteiger partial charge in [0.15, 0.2) is 5.96 Å². The summed E-state index contributed by atoms with van der Waals surface area (Å²) >= 11 is 0. The molecule has 0 unspecified atom stereocenters. The smallest absolute Gasteiger partial charge is 0.191 e. The van der Waals surface area contributed by atoms with Crippen LogP contribution in [-0.4, -0.2) is 73.9 Å². The van der Waals surface area contributed by atoms with Gasteiger partial charge < -0.3 is 24.8 Å². The number of nitrogens with zero attached hydrogens (tertiary/aromatic N) is 4. The van der Waals surface area contributed by atoms with E-state index in [1.54, 1.807) is 7.11 Å². The molecule has 0 saturated heterocycles. The Labute approximate surface area is 152 Å². The molecule has 0 aromatic carbocycles. The molecule has 0 amide bonds. The zero-order valence-electron chi connectivity index (χ0n) is 16.4. The maximum atomic E-state index is 5.08. The van der Waals surface area contributed by atoms with E-state index < -0.39 is 0 Å². The lowest BCUT2D eigenvalue weighted by atomic mass is 10.3. The number of methoxy groups -OCH3 is 1. The molecule has 1 aromatic rings. The second-order valence-electron chi connectivity index (χ2n) is 6.21. The number of aromatic nitrogens is 2. The van der Waals surface area contributed by atoms with E-state index in [1.807, 2.05) is 19.3 Å². The van der Waals surface area contributed by atoms with Gasteiger partial charge in [0, 0.05) is 65.4 Å². The molecule has 1 heterocycles. The second kappa shape index (κ2) is 13.7. The summed E-state index contributed by atoms with van der Waals surface area (Å²) in [5, 5.41) is 6.71. The largest absolute Gasteiger partial charge is 0.385 e. The predicted octanol–water partition coefficient (Wildman–Crippen LogP) is 1.50. The summed E-state index contributed by atoms with van der Waals surface area (Å²) < 4.78 is 7.27. The Morgan fingerprint density at radius 2 is 2.12 bits per heavy atom. The van der Waals surface area contributed by atoms with Crippen LogP contribution in [0.15, 0.2) is 17.4 Å². The number of aryl methyl sites for hydroxylation is 2. The Bertz CT molecular complexity index is 474. The van der Waals surface area contributed by atoms with Crippen molar-refractivity contribution in [2.75, 3.05) is 53.5 Å². The van der Waals surface area contributed by atoms with Crippen LogP contribution in [0.25, 0.3) is 0 Å². The lowest BCUT2D eigenvalue weighted by Crippen LogP contribution is -2.41. The van der Waals surface area contributed by atoms with Crippen LogP contribution in [0.4, 0.5) is 0 Å². The summed E-state index contributed by atoms with van der Waals surface area (Å²) in [5.41, 5.74) is 0. The molecule has 1 aromatic heterocycles. The maximum absolute atomic E-state index is 5.08. The first kappa shape index (κ1) is 21.4. The van der Waals surface area contributed by atoms with E-state index in [4.69, 9.17) is 4.74 Å². The molecule has 0 atom stereocenters. The van der Waals surface area contributed by atoms with E-state index in [0.29, 0.717) is 0 Å². The van der Waals surface area contributed by atoms with Gasteiger partial charge in [0.05, 0.1) is 0 Å². The van der Waals surface area contributed by atoms with Crippen molar-refractivity contribution >= 4 is 5.96 Å². The Kier molecular flexibility index (Phi) is 11.7. The molecule has 0 aliphatic rings. The number of hydrogen-bond acceptors (Lipinski definition) is 4. The van der Waals surface area contributed by atoms with E-state index in [9.17, 15) is 0 Å². The molecule has 0 aliphatic heterocycles. The Morgan fingerprint density at radius 3 is 2.80 bits per heavy atom. The highest BCUT2D eigenvalue weighted by Gasteiger charge is 2.01. The van der Waals surface area contributed by atoms with Gasteiger partial charge in [-0.3, -0.25) is 4.99 Å². The summed E-state index contributed by atoms with van der Waals surface area (Å²) in [6.45, 7) is 10.6. The first-order chi connectivity index (χ1) is 12.2. The van der Waals surface area contributed by atoms with E-state index in [0.717, 1.165) is 76.9 Å². The SMILES string of the molecule is CCNC(=NCCCCn1ccnc1C)NCCN(C)CCCOC. The van der Waals surface area contributed by atoms with Gasteiger partial charge in [-0.15, -0.1) is 0 Å². The third kappa shape index (κ3) is 10.1. The molecule has 144 valence electrons. The first-order valence-corrected chi connectivity index (χ1v) is 9.34. The van der Waals surface area contributed by atoms with Crippen molar-refractivity contribution in [2.24, 2.45) is 4.99 Å². The molecular formula is C18H36N6O. The van der Waals surface area contributed by atoms with Crippen molar-refractivity contribution in [3.63, 3.8) is 0 Å². The van der Waals surface area contributed by atoms with Crippen molar-refractivity contribution in [2.45, 2.75) is 39.7 Å². The van der Waals surface area contributed by atoms with Gasteiger partial charge >= 0.3 is 0 Å². The standard InChI is InChI=1S/C18H36N6O/c1-5-19-18(22-10-14-23(3)12-8-16-25-4)21-9-6-7-13-24-15-11-20-17(24)2/h11,15H,5-10,12-14,16H2,1-4H3,(H2,19,21,22). The fourth-order valence-electron chi connectivity index (χ4n) is 2.52. The molecule has 1 rings (SSSR count). The zero-order chi connectivity index (χ0) is 18.3. The molecule has 0 fully saturated rings. The highest BCUT2D eigenvalue weighted by atomic mass is 16.5. The number of unbranched alkanes of at least 4 members (excludes halogenated alkanes) is 1. The lowest BCUT2D eigenvalue weighted by Gasteiger charge is -2.18. The van der Waals surface area contributed by atoms with Crippen LogP contribution in [0.1, 0.15) is 32.0 Å². The van der Waals surface area contributed by atoms with E-state index in [-0.39, 0.29) is 0 Å². The summed E-state index contributed by atoms with van der Waals surface area (Å²) in [6.07, 6.45) is 7.14. The molecule has 0 spiro atoms. The second-order valence-corrected chi connectivity index (χ2v) is 6.21. The minimum Gasteiger partial charge on any atom is -0.385 e. The van der Waals surface area contributed by atoms with Crippen LogP contribution < -0.4 is 10.6 Å². The monoisotopic (exact) mass is 352 g/mol. The van der Waals surface area contributed by atoms with Crippen LogP contribution in [-0.2, 0) is 11.3 Å². The minimum absolute atomic E-state index is 0.820. The molecule has 25 heavy (non-hydrogen) atoms. The highest BCUT2D eigenvalue weighted by Crippen LogP contribution is 2.00. The molecule has 0 saturated carbocycles. The lowest BCUT2D eigenvalue weighted by molar-refractivity contribution is 0.180. The Balaban J connectivity index is 2.18. The number of likely N-dealkylation sites (N-methyl/N-ethyl adjacent to an activating group) is 1. The van der Waals surface area contributed by atoms with Crippen molar-refractivity contribution < 1.29 is 4.74 Å². The average molecular weight is 353 g/mol. The van der Waals surface area contributed by atoms with Crippen LogP contribution in [0.2, 0.25) is 0 Å². The summed E-state index contributed by atoms with van der Waals surface area (Å²) in [4.78, 5) is 11.2. The molecule has 0 aliphatic carbocycles. The number of hydrogen-bond donors (Lipinski definition) is 2. The quantitative estimate of drug-likeness (QED) is 0.320. The predicted molar refractivity (Wildman–Crippen MR) is 104 cm³/mol. The maximum Gasteiger partial charge on any atom is 0.191 e. The van der Waals surface area contributed by atoms with Crippen LogP contribution >= 0.6 is 0 Å². The summed E-state index contributed by atoms with van der Waals surface area (Å²) in [5.74, 6) is 1.99. The number of ether oxygens (including phenoxy) is 1. The molecule has 7 nitrogen and oxygen atoms in total. The van der Waals surface area contributed by atoms with Gasteiger partial charge in [0.25, 0.3) is 0 Å². The third-order valence-electron chi connectivity index (χ3n) is 4.02. The molecular weight excluding hydrogens is 316 g/mol. The van der Waals surface area contributed by atoms with Gasteiger partial charge in [-0.25, -0.2) is 4.98 Å². The number of nitrogens with one attached hydrogen (secondary N) is 2. The average Bonchev–Trinajstić information content (AvgIpc) is 3.00. The van der Waals surface area contributed by atoms with Crippen molar-refractivity contribution in [1.29, 1.82) is 0 Å². The number of imidazole rings is 1. The highest BCUT2D eigenvalue weighted by molar-refractivity contribution is 5.79. The minimum atomic E-state index is 0.820. The van der Waals surface area contributed by atoms with E-state index in [1.165, 1.54) is 0 Å². The topological polar surface area (TPSA) is 66.7 Å². The fourth-order valence-corrected chi connectivity index (χ4v) is 2.52. The van der Waals surface area contributed by atoms with Crippen molar-refractivity contribution in [1.82, 2.24) is 25.1 Å². The van der Waals surface area contributed by atoms with Gasteiger partial charge in [0.1, 0.15) is 5.82 Å². The van der Waals surface area contributed by atoms with Crippen molar-refractivity contribution in [3.8, 4) is 0 Å².